The first-order chi connectivity index (χ1) is 7.70. The molecular formula is C10H19N5O. The van der Waals surface area contributed by atoms with E-state index in [9.17, 15) is 0 Å². The van der Waals surface area contributed by atoms with Crippen molar-refractivity contribution in [2.24, 2.45) is 5.73 Å². The normalized spacial score (nSPS) is 21.0. The monoisotopic (exact) mass is 225 g/mol. The summed E-state index contributed by atoms with van der Waals surface area (Å²) in [4.78, 5) is 4.37. The molecule has 0 bridgehead atoms. The molecule has 1 aliphatic rings. The first-order valence-corrected chi connectivity index (χ1v) is 5.64. The van der Waals surface area contributed by atoms with Gasteiger partial charge in [-0.25, -0.2) is 0 Å². The van der Waals surface area contributed by atoms with Gasteiger partial charge in [-0.15, -0.1) is 5.10 Å². The van der Waals surface area contributed by atoms with Crippen LogP contribution in [0.25, 0.3) is 0 Å². The number of anilines is 1. The maximum atomic E-state index is 5.49. The number of likely N-dealkylation sites (N-methyl/N-ethyl adjacent to an activating group) is 1. The van der Waals surface area contributed by atoms with Gasteiger partial charge in [0.1, 0.15) is 0 Å². The maximum absolute atomic E-state index is 5.49. The van der Waals surface area contributed by atoms with Crippen LogP contribution in [0.2, 0.25) is 0 Å². The van der Waals surface area contributed by atoms with Crippen LogP contribution in [0.15, 0.2) is 4.42 Å². The molecule has 0 saturated carbocycles. The fourth-order valence-corrected chi connectivity index (χ4v) is 2.14. The van der Waals surface area contributed by atoms with Gasteiger partial charge < -0.3 is 20.0 Å². The number of hydrogen-bond acceptors (Lipinski definition) is 6. The molecule has 0 aromatic carbocycles. The van der Waals surface area contributed by atoms with Gasteiger partial charge in [0.05, 0.1) is 6.54 Å². The second-order valence-electron chi connectivity index (χ2n) is 4.43. The zero-order valence-corrected chi connectivity index (χ0v) is 9.89. The quantitative estimate of drug-likeness (QED) is 0.781. The summed E-state index contributed by atoms with van der Waals surface area (Å²) in [5.74, 6) is 0.505. The topological polar surface area (TPSA) is 71.4 Å². The zero-order chi connectivity index (χ0) is 11.5. The Balaban J connectivity index is 2.07. The summed E-state index contributed by atoms with van der Waals surface area (Å²) in [7, 11) is 4.16. The molecule has 0 spiro atoms. The van der Waals surface area contributed by atoms with Gasteiger partial charge in [0.25, 0.3) is 0 Å². The Morgan fingerprint density at radius 1 is 1.50 bits per heavy atom. The fraction of sp³-hybridized carbons (Fsp3) is 0.800. The second kappa shape index (κ2) is 4.80. The van der Waals surface area contributed by atoms with Crippen molar-refractivity contribution in [3.63, 3.8) is 0 Å². The van der Waals surface area contributed by atoms with E-state index < -0.39 is 0 Å². The van der Waals surface area contributed by atoms with Crippen LogP contribution in [0.1, 0.15) is 18.7 Å². The molecule has 0 amide bonds. The number of nitrogens with zero attached hydrogens (tertiary/aromatic N) is 4. The highest BCUT2D eigenvalue weighted by molar-refractivity contribution is 5.29. The van der Waals surface area contributed by atoms with Gasteiger partial charge in [-0.1, -0.05) is 5.10 Å². The van der Waals surface area contributed by atoms with E-state index in [0.717, 1.165) is 13.1 Å². The lowest BCUT2D eigenvalue weighted by atomic mass is 10.2. The van der Waals surface area contributed by atoms with E-state index in [4.69, 9.17) is 10.2 Å². The molecule has 1 aromatic rings. The molecule has 1 atom stereocenters. The SMILES string of the molecule is CN(C)CC1CCCN1c1nnc(CN)o1. The molecule has 2 N–H and O–H groups in total. The third kappa shape index (κ3) is 2.33. The van der Waals surface area contributed by atoms with E-state index in [1.807, 2.05) is 0 Å². The summed E-state index contributed by atoms with van der Waals surface area (Å²) in [5.41, 5.74) is 5.45. The minimum Gasteiger partial charge on any atom is -0.407 e. The molecule has 1 fully saturated rings. The van der Waals surface area contributed by atoms with E-state index in [-0.39, 0.29) is 0 Å². The van der Waals surface area contributed by atoms with Crippen molar-refractivity contribution in [3.8, 4) is 0 Å². The summed E-state index contributed by atoms with van der Waals surface area (Å²) in [6.45, 7) is 2.31. The van der Waals surface area contributed by atoms with Crippen LogP contribution in [0.3, 0.4) is 0 Å². The second-order valence-corrected chi connectivity index (χ2v) is 4.43. The Morgan fingerprint density at radius 2 is 2.31 bits per heavy atom. The standard InChI is InChI=1S/C10H19N5O/c1-14(2)7-8-4-3-5-15(8)10-13-12-9(6-11)16-10/h8H,3-7,11H2,1-2H3. The first kappa shape index (κ1) is 11.3. The number of hydrogen-bond donors (Lipinski definition) is 1. The molecule has 0 aliphatic carbocycles. The number of aromatic nitrogens is 2. The van der Waals surface area contributed by atoms with Gasteiger partial charge in [-0.3, -0.25) is 0 Å². The third-order valence-corrected chi connectivity index (χ3v) is 2.83. The molecule has 1 unspecified atom stereocenters. The van der Waals surface area contributed by atoms with Crippen molar-refractivity contribution < 1.29 is 4.42 Å². The lowest BCUT2D eigenvalue weighted by molar-refractivity contribution is 0.363. The highest BCUT2D eigenvalue weighted by Gasteiger charge is 2.28. The van der Waals surface area contributed by atoms with Crippen molar-refractivity contribution in [1.29, 1.82) is 0 Å². The summed E-state index contributed by atoms with van der Waals surface area (Å²) in [6, 6.07) is 1.09. The molecule has 0 radical (unpaired) electrons. The van der Waals surface area contributed by atoms with Crippen LogP contribution in [-0.4, -0.2) is 48.3 Å². The highest BCUT2D eigenvalue weighted by Crippen LogP contribution is 2.24. The first-order valence-electron chi connectivity index (χ1n) is 5.64. The van der Waals surface area contributed by atoms with E-state index in [1.165, 1.54) is 12.8 Å². The molecule has 1 aromatic heterocycles. The van der Waals surface area contributed by atoms with Crippen LogP contribution >= 0.6 is 0 Å². The van der Waals surface area contributed by atoms with Crippen molar-refractivity contribution in [3.05, 3.63) is 5.89 Å². The summed E-state index contributed by atoms with van der Waals surface area (Å²) in [6.07, 6.45) is 2.36. The van der Waals surface area contributed by atoms with Crippen molar-refractivity contribution in [2.75, 3.05) is 32.1 Å². The molecule has 2 rings (SSSR count). The van der Waals surface area contributed by atoms with Crippen molar-refractivity contribution in [2.45, 2.75) is 25.4 Å². The van der Waals surface area contributed by atoms with E-state index >= 15 is 0 Å². The molecule has 6 nitrogen and oxygen atoms in total. The minimum absolute atomic E-state index is 0.305. The number of nitrogens with two attached hydrogens (primary N) is 1. The molecule has 6 heteroatoms. The van der Waals surface area contributed by atoms with Gasteiger partial charge in [0, 0.05) is 19.1 Å². The van der Waals surface area contributed by atoms with Crippen molar-refractivity contribution >= 4 is 6.01 Å². The van der Waals surface area contributed by atoms with Crippen LogP contribution in [-0.2, 0) is 6.54 Å². The van der Waals surface area contributed by atoms with Gasteiger partial charge in [0.2, 0.25) is 5.89 Å². The third-order valence-electron chi connectivity index (χ3n) is 2.83. The molecule has 16 heavy (non-hydrogen) atoms. The van der Waals surface area contributed by atoms with Gasteiger partial charge in [-0.05, 0) is 26.9 Å². The summed E-state index contributed by atoms with van der Waals surface area (Å²) < 4.78 is 5.49. The Morgan fingerprint density at radius 3 is 2.94 bits per heavy atom. The Labute approximate surface area is 95.4 Å². The van der Waals surface area contributed by atoms with E-state index in [1.54, 1.807) is 0 Å². The molecule has 1 saturated heterocycles. The molecule has 1 aliphatic heterocycles. The van der Waals surface area contributed by atoms with E-state index in [0.29, 0.717) is 24.5 Å². The summed E-state index contributed by atoms with van der Waals surface area (Å²) in [5, 5.41) is 7.93. The average molecular weight is 225 g/mol. The Hall–Kier alpha value is -1.14. The smallest absolute Gasteiger partial charge is 0.318 e. The predicted molar refractivity (Wildman–Crippen MR) is 61.1 cm³/mol. The van der Waals surface area contributed by atoms with Crippen LogP contribution in [0.4, 0.5) is 6.01 Å². The van der Waals surface area contributed by atoms with Gasteiger partial charge >= 0.3 is 6.01 Å². The zero-order valence-electron chi connectivity index (χ0n) is 9.89. The predicted octanol–water partition coefficient (Wildman–Crippen LogP) is 0.0587. The fourth-order valence-electron chi connectivity index (χ4n) is 2.14. The van der Waals surface area contributed by atoms with Gasteiger partial charge in [-0.2, -0.15) is 0 Å². The minimum atomic E-state index is 0.305. The molecule has 90 valence electrons. The molecule has 2 heterocycles. The van der Waals surface area contributed by atoms with Crippen LogP contribution < -0.4 is 10.6 Å². The van der Waals surface area contributed by atoms with Crippen LogP contribution in [0.5, 0.6) is 0 Å². The largest absolute Gasteiger partial charge is 0.407 e. The van der Waals surface area contributed by atoms with Gasteiger partial charge in [0.15, 0.2) is 0 Å². The highest BCUT2D eigenvalue weighted by atomic mass is 16.4. The molecular weight excluding hydrogens is 206 g/mol. The lowest BCUT2D eigenvalue weighted by Gasteiger charge is -2.25. The Bertz CT molecular complexity index is 338. The van der Waals surface area contributed by atoms with E-state index in [2.05, 4.69) is 34.1 Å². The van der Waals surface area contributed by atoms with Crippen LogP contribution in [0, 0.1) is 0 Å². The maximum Gasteiger partial charge on any atom is 0.318 e. The lowest BCUT2D eigenvalue weighted by Crippen LogP contribution is -2.37. The van der Waals surface area contributed by atoms with Crippen molar-refractivity contribution in [1.82, 2.24) is 15.1 Å². The summed E-state index contributed by atoms with van der Waals surface area (Å²) >= 11 is 0. The number of rotatable bonds is 4. The average Bonchev–Trinajstić information content (AvgIpc) is 2.84. The Kier molecular flexibility index (Phi) is 3.40.